The summed E-state index contributed by atoms with van der Waals surface area (Å²) in [7, 11) is -1.28. The number of hydrogen-bond acceptors (Lipinski definition) is 3. The molecule has 0 aromatic rings. The van der Waals surface area contributed by atoms with Gasteiger partial charge in [-0.1, -0.05) is 47.3 Å². The Morgan fingerprint density at radius 1 is 1.05 bits per heavy atom. The van der Waals surface area contributed by atoms with Gasteiger partial charge in [0.05, 0.1) is 7.11 Å². The summed E-state index contributed by atoms with van der Waals surface area (Å²) in [5.41, 5.74) is 2.96. The first-order valence-electron chi connectivity index (χ1n) is 6.86. The van der Waals surface area contributed by atoms with Crippen LogP contribution in [0, 0.1) is 0 Å². The fourth-order valence-corrected chi connectivity index (χ4v) is 10.0. The Labute approximate surface area is 121 Å². The predicted molar refractivity (Wildman–Crippen MR) is 80.8 cm³/mol. The average molecular weight is 300 g/mol. The first-order chi connectivity index (χ1) is 9.17. The molecule has 0 fully saturated rings. The maximum absolute atomic E-state index is 12.8. The smallest absolute Gasteiger partial charge is 0.379 e. The Balaban J connectivity index is 6.29. The van der Waals surface area contributed by atoms with Gasteiger partial charge in [0, 0.05) is 5.20 Å². The van der Waals surface area contributed by atoms with Crippen molar-refractivity contribution >= 4 is 19.8 Å². The van der Waals surface area contributed by atoms with Gasteiger partial charge in [-0.05, 0) is 16.6 Å². The monoisotopic (exact) mass is 300 g/mol. The van der Waals surface area contributed by atoms with Gasteiger partial charge in [0.15, 0.2) is 0 Å². The van der Waals surface area contributed by atoms with Crippen molar-refractivity contribution in [2.45, 2.75) is 58.2 Å². The number of Topliss-reactive ketones (excluding diaryl/α,β-unsaturated/α-hetero) is 1. The number of ether oxygens (including phenoxy) is 1. The van der Waals surface area contributed by atoms with Gasteiger partial charge in [0.25, 0.3) is 5.78 Å². The summed E-state index contributed by atoms with van der Waals surface area (Å²) in [4.78, 5) is 23.9. The molecule has 0 N–H and O–H groups in total. The van der Waals surface area contributed by atoms with Gasteiger partial charge < -0.3 is 4.74 Å². The lowest BCUT2D eigenvalue weighted by Crippen LogP contribution is -2.50. The molecule has 114 valence electrons. The van der Waals surface area contributed by atoms with Crippen LogP contribution in [0.2, 0.25) is 16.6 Å². The maximum Gasteiger partial charge on any atom is 0.379 e. The Hall–Kier alpha value is -1.19. The van der Waals surface area contributed by atoms with Crippen LogP contribution in [-0.4, -0.2) is 26.9 Å². The SMILES string of the molecule is COC(=O)C(=O)C(=C=CF)[Si](C(C)C)(C(C)C)C(C)C. The minimum atomic E-state index is -2.44. The zero-order chi connectivity index (χ0) is 16.1. The van der Waals surface area contributed by atoms with E-state index in [1.165, 1.54) is 0 Å². The number of rotatable bonds is 6. The van der Waals surface area contributed by atoms with Crippen molar-refractivity contribution in [3.8, 4) is 0 Å². The van der Waals surface area contributed by atoms with Gasteiger partial charge in [0.2, 0.25) is 0 Å². The summed E-state index contributed by atoms with van der Waals surface area (Å²) in [5, 5.41) is 0.201. The van der Waals surface area contributed by atoms with Crippen molar-refractivity contribution in [3.05, 3.63) is 17.3 Å². The molecule has 0 aliphatic carbocycles. The van der Waals surface area contributed by atoms with E-state index in [-0.39, 0.29) is 28.1 Å². The molecule has 0 aliphatic rings. The quantitative estimate of drug-likeness (QED) is 0.245. The van der Waals surface area contributed by atoms with E-state index < -0.39 is 19.8 Å². The van der Waals surface area contributed by atoms with Gasteiger partial charge in [-0.2, -0.15) is 0 Å². The molecule has 0 aromatic heterocycles. The van der Waals surface area contributed by atoms with Crippen molar-refractivity contribution in [2.24, 2.45) is 0 Å². The standard InChI is InChI=1S/C15H25FO3Si/c1-10(2)20(11(3)4,12(5)6)13(8-9-16)14(17)15(18)19-7/h9-12H,1-7H3. The molecular weight excluding hydrogens is 275 g/mol. The van der Waals surface area contributed by atoms with Gasteiger partial charge in [-0.15, -0.1) is 0 Å². The summed E-state index contributed by atoms with van der Waals surface area (Å²) in [6.07, 6.45) is 0.227. The molecule has 0 spiro atoms. The Morgan fingerprint density at radius 2 is 1.45 bits per heavy atom. The van der Waals surface area contributed by atoms with Crippen molar-refractivity contribution in [3.63, 3.8) is 0 Å². The number of ketones is 1. The molecular formula is C15H25FO3Si. The molecule has 0 amide bonds. The number of methoxy groups -OCH3 is 1. The summed E-state index contributed by atoms with van der Waals surface area (Å²) in [6.45, 7) is 12.1. The summed E-state index contributed by atoms with van der Waals surface area (Å²) in [6, 6.07) is 0. The second-order valence-corrected chi connectivity index (χ2v) is 11.7. The van der Waals surface area contributed by atoms with Crippen molar-refractivity contribution in [2.75, 3.05) is 7.11 Å². The average Bonchev–Trinajstić information content (AvgIpc) is 2.35. The predicted octanol–water partition coefficient (Wildman–Crippen LogP) is 3.96. The van der Waals surface area contributed by atoms with E-state index in [9.17, 15) is 14.0 Å². The third-order valence-electron chi connectivity index (χ3n) is 4.10. The largest absolute Gasteiger partial charge is 0.463 e. The lowest BCUT2D eigenvalue weighted by molar-refractivity contribution is -0.149. The molecule has 3 nitrogen and oxygen atoms in total. The lowest BCUT2D eigenvalue weighted by Gasteiger charge is -2.43. The number of carbonyl (C=O) groups excluding carboxylic acids is 2. The fraction of sp³-hybridized carbons (Fsp3) is 0.667. The van der Waals surface area contributed by atoms with E-state index in [0.29, 0.717) is 0 Å². The lowest BCUT2D eigenvalue weighted by atomic mass is 10.4. The molecule has 0 unspecified atom stereocenters. The summed E-state index contributed by atoms with van der Waals surface area (Å²) >= 11 is 0. The van der Waals surface area contributed by atoms with Crippen molar-refractivity contribution in [1.82, 2.24) is 0 Å². The molecule has 0 heterocycles. The minimum absolute atomic E-state index is 0.179. The minimum Gasteiger partial charge on any atom is -0.463 e. The molecule has 0 radical (unpaired) electrons. The van der Waals surface area contributed by atoms with E-state index in [1.807, 2.05) is 41.5 Å². The zero-order valence-corrected chi connectivity index (χ0v) is 14.4. The Kier molecular flexibility index (Phi) is 7.10. The normalized spacial score (nSPS) is 11.6. The number of carbonyl (C=O) groups is 2. The molecule has 20 heavy (non-hydrogen) atoms. The molecule has 0 aliphatic heterocycles. The van der Waals surface area contributed by atoms with E-state index in [4.69, 9.17) is 0 Å². The first kappa shape index (κ1) is 18.8. The van der Waals surface area contributed by atoms with Crippen molar-refractivity contribution < 1.29 is 18.7 Å². The van der Waals surface area contributed by atoms with E-state index in [0.717, 1.165) is 7.11 Å². The van der Waals surface area contributed by atoms with Crippen LogP contribution in [-0.2, 0) is 14.3 Å². The second-order valence-electron chi connectivity index (χ2n) is 5.85. The van der Waals surface area contributed by atoms with Gasteiger partial charge in [0.1, 0.15) is 14.4 Å². The van der Waals surface area contributed by atoms with Crippen LogP contribution < -0.4 is 0 Å². The molecule has 0 bridgehead atoms. The molecule has 0 rings (SSSR count). The molecule has 0 saturated carbocycles. The van der Waals surface area contributed by atoms with Gasteiger partial charge in [-0.25, -0.2) is 9.18 Å². The maximum atomic E-state index is 12.8. The van der Waals surface area contributed by atoms with Gasteiger partial charge >= 0.3 is 5.97 Å². The third-order valence-corrected chi connectivity index (χ3v) is 11.1. The highest BCUT2D eigenvalue weighted by Crippen LogP contribution is 2.46. The molecule has 0 saturated heterocycles. The van der Waals surface area contributed by atoms with E-state index in [1.54, 1.807) is 0 Å². The number of halogens is 1. The fourth-order valence-electron chi connectivity index (χ4n) is 3.50. The summed E-state index contributed by atoms with van der Waals surface area (Å²) < 4.78 is 17.3. The van der Waals surface area contributed by atoms with Crippen LogP contribution in [0.15, 0.2) is 17.3 Å². The van der Waals surface area contributed by atoms with Crippen LogP contribution in [0.4, 0.5) is 4.39 Å². The topological polar surface area (TPSA) is 43.4 Å². The Bertz CT molecular complexity index is 411. The van der Waals surface area contributed by atoms with Crippen molar-refractivity contribution in [1.29, 1.82) is 0 Å². The van der Waals surface area contributed by atoms with Gasteiger partial charge in [-0.3, -0.25) is 4.79 Å². The van der Waals surface area contributed by atoms with E-state index in [2.05, 4.69) is 10.5 Å². The van der Waals surface area contributed by atoms with Crippen LogP contribution in [0.1, 0.15) is 41.5 Å². The highest BCUT2D eigenvalue weighted by Gasteiger charge is 2.50. The molecule has 0 atom stereocenters. The highest BCUT2D eigenvalue weighted by molar-refractivity contribution is 6.95. The second kappa shape index (κ2) is 7.55. The van der Waals surface area contributed by atoms with Crippen LogP contribution in [0.5, 0.6) is 0 Å². The summed E-state index contributed by atoms with van der Waals surface area (Å²) in [5.74, 6) is -1.71. The third kappa shape index (κ3) is 3.28. The number of hydrogen-bond donors (Lipinski definition) is 0. The first-order valence-corrected chi connectivity index (χ1v) is 9.09. The number of esters is 1. The van der Waals surface area contributed by atoms with Crippen LogP contribution in [0.3, 0.4) is 0 Å². The molecule has 5 heteroatoms. The highest BCUT2D eigenvalue weighted by atomic mass is 28.3. The zero-order valence-electron chi connectivity index (χ0n) is 13.4. The van der Waals surface area contributed by atoms with Crippen LogP contribution in [0.25, 0.3) is 0 Å². The van der Waals surface area contributed by atoms with Crippen LogP contribution >= 0.6 is 0 Å². The van der Waals surface area contributed by atoms with E-state index >= 15 is 0 Å². The molecule has 0 aromatic carbocycles. The Morgan fingerprint density at radius 3 is 1.70 bits per heavy atom.